The SMILES string of the molecule is FC(F)(F)c1cccc(N2CCN(CC3CCOC3)CC2)c1. The molecule has 0 bridgehead atoms. The number of rotatable bonds is 3. The molecule has 0 amide bonds. The van der Waals surface area contributed by atoms with Crippen LogP contribution in [0.5, 0.6) is 0 Å². The number of alkyl halides is 3. The number of hydrogen-bond acceptors (Lipinski definition) is 3. The summed E-state index contributed by atoms with van der Waals surface area (Å²) < 4.78 is 43.7. The van der Waals surface area contributed by atoms with E-state index in [0.29, 0.717) is 11.6 Å². The number of halogens is 3. The molecule has 1 unspecified atom stereocenters. The molecule has 0 saturated carbocycles. The second-order valence-electron chi connectivity index (χ2n) is 6.07. The maximum Gasteiger partial charge on any atom is 0.416 e. The minimum atomic E-state index is -4.28. The summed E-state index contributed by atoms with van der Waals surface area (Å²) in [6.45, 7) is 6.07. The third-order valence-corrected chi connectivity index (χ3v) is 4.45. The number of nitrogens with zero attached hydrogens (tertiary/aromatic N) is 2. The molecule has 1 aromatic rings. The molecule has 1 atom stereocenters. The Kier molecular flexibility index (Phi) is 4.59. The second kappa shape index (κ2) is 6.46. The third kappa shape index (κ3) is 3.73. The van der Waals surface area contributed by atoms with Crippen molar-refractivity contribution in [1.82, 2.24) is 4.90 Å². The van der Waals surface area contributed by atoms with E-state index in [-0.39, 0.29) is 0 Å². The van der Waals surface area contributed by atoms with Gasteiger partial charge in [-0.3, -0.25) is 4.90 Å². The van der Waals surface area contributed by atoms with E-state index in [1.54, 1.807) is 6.07 Å². The van der Waals surface area contributed by atoms with E-state index < -0.39 is 11.7 Å². The lowest BCUT2D eigenvalue weighted by Gasteiger charge is -2.37. The van der Waals surface area contributed by atoms with Gasteiger partial charge < -0.3 is 9.64 Å². The number of piperazine rings is 1. The van der Waals surface area contributed by atoms with Crippen molar-refractivity contribution in [2.24, 2.45) is 5.92 Å². The molecule has 0 aromatic heterocycles. The molecule has 0 N–H and O–H groups in total. The van der Waals surface area contributed by atoms with Crippen LogP contribution in [0.25, 0.3) is 0 Å². The maximum absolute atomic E-state index is 12.8. The van der Waals surface area contributed by atoms with E-state index in [9.17, 15) is 13.2 Å². The van der Waals surface area contributed by atoms with Crippen LogP contribution >= 0.6 is 0 Å². The van der Waals surface area contributed by atoms with Crippen molar-refractivity contribution in [1.29, 1.82) is 0 Å². The zero-order valence-corrected chi connectivity index (χ0v) is 12.5. The van der Waals surface area contributed by atoms with Crippen molar-refractivity contribution in [2.75, 3.05) is 50.8 Å². The van der Waals surface area contributed by atoms with Gasteiger partial charge in [-0.15, -0.1) is 0 Å². The predicted octanol–water partition coefficient (Wildman–Crippen LogP) is 2.86. The summed E-state index contributed by atoms with van der Waals surface area (Å²) in [6.07, 6.45) is -3.16. The monoisotopic (exact) mass is 314 g/mol. The maximum atomic E-state index is 12.8. The highest BCUT2D eigenvalue weighted by molar-refractivity contribution is 5.49. The molecule has 122 valence electrons. The Hall–Kier alpha value is -1.27. The largest absolute Gasteiger partial charge is 0.416 e. The molecule has 2 aliphatic rings. The van der Waals surface area contributed by atoms with Gasteiger partial charge in [0.25, 0.3) is 0 Å². The van der Waals surface area contributed by atoms with Crippen molar-refractivity contribution in [3.05, 3.63) is 29.8 Å². The Bertz CT molecular complexity index is 492. The normalized spacial score (nSPS) is 24.0. The fraction of sp³-hybridized carbons (Fsp3) is 0.625. The number of hydrogen-bond donors (Lipinski definition) is 0. The lowest BCUT2D eigenvalue weighted by atomic mass is 10.1. The van der Waals surface area contributed by atoms with Gasteiger partial charge in [0.15, 0.2) is 0 Å². The van der Waals surface area contributed by atoms with Crippen LogP contribution in [0.3, 0.4) is 0 Å². The summed E-state index contributed by atoms with van der Waals surface area (Å²) in [5.74, 6) is 0.611. The minimum Gasteiger partial charge on any atom is -0.381 e. The summed E-state index contributed by atoms with van der Waals surface area (Å²) >= 11 is 0. The zero-order valence-electron chi connectivity index (χ0n) is 12.5. The zero-order chi connectivity index (χ0) is 15.6. The van der Waals surface area contributed by atoms with E-state index in [0.717, 1.165) is 58.4 Å². The highest BCUT2D eigenvalue weighted by atomic mass is 19.4. The van der Waals surface area contributed by atoms with Crippen molar-refractivity contribution in [2.45, 2.75) is 12.6 Å². The Morgan fingerprint density at radius 2 is 1.91 bits per heavy atom. The first-order valence-electron chi connectivity index (χ1n) is 7.75. The van der Waals surface area contributed by atoms with Crippen LogP contribution in [0.4, 0.5) is 18.9 Å². The van der Waals surface area contributed by atoms with Gasteiger partial charge in [0.1, 0.15) is 0 Å². The molecular weight excluding hydrogens is 293 g/mol. The first-order chi connectivity index (χ1) is 10.5. The first-order valence-corrected chi connectivity index (χ1v) is 7.75. The first kappa shape index (κ1) is 15.6. The van der Waals surface area contributed by atoms with Gasteiger partial charge in [0, 0.05) is 45.0 Å². The average Bonchev–Trinajstić information content (AvgIpc) is 3.00. The van der Waals surface area contributed by atoms with E-state index in [1.807, 2.05) is 4.90 Å². The van der Waals surface area contributed by atoms with Crippen LogP contribution < -0.4 is 4.90 Å². The molecule has 2 fully saturated rings. The van der Waals surface area contributed by atoms with Gasteiger partial charge in [-0.2, -0.15) is 13.2 Å². The molecule has 0 aliphatic carbocycles. The number of benzene rings is 1. The molecule has 1 aromatic carbocycles. The van der Waals surface area contributed by atoms with E-state index >= 15 is 0 Å². The predicted molar refractivity (Wildman–Crippen MR) is 79.0 cm³/mol. The van der Waals surface area contributed by atoms with E-state index in [4.69, 9.17) is 4.74 Å². The molecule has 6 heteroatoms. The fourth-order valence-corrected chi connectivity index (χ4v) is 3.16. The average molecular weight is 314 g/mol. The number of anilines is 1. The number of ether oxygens (including phenoxy) is 1. The summed E-state index contributed by atoms with van der Waals surface area (Å²) in [5.41, 5.74) is 0.0919. The fourth-order valence-electron chi connectivity index (χ4n) is 3.16. The molecule has 3 nitrogen and oxygen atoms in total. The van der Waals surface area contributed by atoms with Crippen LogP contribution in [0, 0.1) is 5.92 Å². The summed E-state index contributed by atoms with van der Waals surface area (Å²) in [6, 6.07) is 5.62. The summed E-state index contributed by atoms with van der Waals surface area (Å²) in [4.78, 5) is 4.43. The van der Waals surface area contributed by atoms with Crippen LogP contribution in [0.2, 0.25) is 0 Å². The van der Waals surface area contributed by atoms with Gasteiger partial charge in [-0.1, -0.05) is 6.07 Å². The Morgan fingerprint density at radius 1 is 1.14 bits per heavy atom. The lowest BCUT2D eigenvalue weighted by molar-refractivity contribution is -0.137. The summed E-state index contributed by atoms with van der Waals surface area (Å²) in [5, 5.41) is 0. The van der Waals surface area contributed by atoms with Gasteiger partial charge in [-0.25, -0.2) is 0 Å². The van der Waals surface area contributed by atoms with Crippen LogP contribution in [0.1, 0.15) is 12.0 Å². The van der Waals surface area contributed by atoms with Crippen molar-refractivity contribution >= 4 is 5.69 Å². The van der Waals surface area contributed by atoms with E-state index in [1.165, 1.54) is 12.1 Å². The van der Waals surface area contributed by atoms with Gasteiger partial charge >= 0.3 is 6.18 Å². The Morgan fingerprint density at radius 3 is 2.55 bits per heavy atom. The molecule has 22 heavy (non-hydrogen) atoms. The Labute approximate surface area is 128 Å². The van der Waals surface area contributed by atoms with Crippen molar-refractivity contribution in [3.63, 3.8) is 0 Å². The quantitative estimate of drug-likeness (QED) is 0.853. The molecular formula is C16H21F3N2O. The highest BCUT2D eigenvalue weighted by Gasteiger charge is 2.31. The van der Waals surface area contributed by atoms with Crippen LogP contribution in [-0.2, 0) is 10.9 Å². The summed E-state index contributed by atoms with van der Waals surface area (Å²) in [7, 11) is 0. The van der Waals surface area contributed by atoms with Crippen molar-refractivity contribution < 1.29 is 17.9 Å². The van der Waals surface area contributed by atoms with Crippen LogP contribution in [-0.4, -0.2) is 50.8 Å². The molecule has 0 radical (unpaired) electrons. The standard InChI is InChI=1S/C16H21F3N2O/c17-16(18,19)14-2-1-3-15(10-14)21-7-5-20(6-8-21)11-13-4-9-22-12-13/h1-3,10,13H,4-9,11-12H2. The molecule has 2 aliphatic heterocycles. The molecule has 2 heterocycles. The van der Waals surface area contributed by atoms with Crippen molar-refractivity contribution in [3.8, 4) is 0 Å². The molecule has 2 saturated heterocycles. The highest BCUT2D eigenvalue weighted by Crippen LogP contribution is 2.31. The van der Waals surface area contributed by atoms with Gasteiger partial charge in [-0.05, 0) is 30.5 Å². The topological polar surface area (TPSA) is 15.7 Å². The molecule has 0 spiro atoms. The van der Waals surface area contributed by atoms with E-state index in [2.05, 4.69) is 4.90 Å². The van der Waals surface area contributed by atoms with Gasteiger partial charge in [0.2, 0.25) is 0 Å². The second-order valence-corrected chi connectivity index (χ2v) is 6.07. The van der Waals surface area contributed by atoms with Gasteiger partial charge in [0.05, 0.1) is 12.2 Å². The molecule has 3 rings (SSSR count). The van der Waals surface area contributed by atoms with Crippen LogP contribution in [0.15, 0.2) is 24.3 Å². The third-order valence-electron chi connectivity index (χ3n) is 4.45. The smallest absolute Gasteiger partial charge is 0.381 e. The lowest BCUT2D eigenvalue weighted by Crippen LogP contribution is -2.48. The Balaban J connectivity index is 1.57. The minimum absolute atomic E-state index is 0.574.